The van der Waals surface area contributed by atoms with Crippen LogP contribution in [0, 0.1) is 11.8 Å². The molecule has 26 heavy (non-hydrogen) atoms. The fourth-order valence-electron chi connectivity index (χ4n) is 5.05. The van der Waals surface area contributed by atoms with Crippen LogP contribution in [0.25, 0.3) is 0 Å². The van der Waals surface area contributed by atoms with Gasteiger partial charge in [-0.25, -0.2) is 4.79 Å². The van der Waals surface area contributed by atoms with Crippen LogP contribution in [0.5, 0.6) is 0 Å². The Labute approximate surface area is 156 Å². The van der Waals surface area contributed by atoms with Gasteiger partial charge in [-0.2, -0.15) is 0 Å². The van der Waals surface area contributed by atoms with E-state index >= 15 is 0 Å². The molecule has 5 heteroatoms. The van der Waals surface area contributed by atoms with Gasteiger partial charge in [-0.3, -0.25) is 4.79 Å². The van der Waals surface area contributed by atoms with E-state index in [2.05, 4.69) is 6.58 Å². The second kappa shape index (κ2) is 7.43. The quantitative estimate of drug-likeness (QED) is 0.598. The van der Waals surface area contributed by atoms with Crippen LogP contribution in [-0.4, -0.2) is 40.8 Å². The zero-order chi connectivity index (χ0) is 18.9. The summed E-state index contributed by atoms with van der Waals surface area (Å²) in [6.45, 7) is 7.61. The Morgan fingerprint density at radius 2 is 1.92 bits per heavy atom. The fraction of sp³-hybridized carbons (Fsp3) is 0.810. The predicted octanol–water partition coefficient (Wildman–Crippen LogP) is 3.33. The van der Waals surface area contributed by atoms with Gasteiger partial charge in [0.2, 0.25) is 0 Å². The molecule has 0 amide bonds. The van der Waals surface area contributed by atoms with Gasteiger partial charge in [0.25, 0.3) is 0 Å². The van der Waals surface area contributed by atoms with Crippen molar-refractivity contribution in [1.82, 2.24) is 0 Å². The molecule has 3 rings (SSSR count). The molecule has 0 bridgehead atoms. The molecule has 5 nitrogen and oxygen atoms in total. The van der Waals surface area contributed by atoms with E-state index < -0.39 is 23.3 Å². The third kappa shape index (κ3) is 3.24. The van der Waals surface area contributed by atoms with Gasteiger partial charge >= 0.3 is 5.97 Å². The van der Waals surface area contributed by atoms with Gasteiger partial charge in [-0.05, 0) is 39.0 Å². The van der Waals surface area contributed by atoms with Crippen molar-refractivity contribution in [3.8, 4) is 0 Å². The van der Waals surface area contributed by atoms with Crippen LogP contribution in [0.4, 0.5) is 0 Å². The van der Waals surface area contributed by atoms with Crippen LogP contribution in [0.1, 0.15) is 71.6 Å². The van der Waals surface area contributed by atoms with E-state index in [9.17, 15) is 14.7 Å². The normalized spacial score (nSPS) is 37.8. The van der Waals surface area contributed by atoms with Gasteiger partial charge in [0.1, 0.15) is 11.4 Å². The fourth-order valence-corrected chi connectivity index (χ4v) is 5.05. The molecule has 0 aromatic heterocycles. The van der Waals surface area contributed by atoms with Crippen LogP contribution < -0.4 is 0 Å². The molecule has 0 aromatic rings. The van der Waals surface area contributed by atoms with E-state index in [0.717, 1.165) is 25.7 Å². The third-order valence-electron chi connectivity index (χ3n) is 6.86. The van der Waals surface area contributed by atoms with Crippen molar-refractivity contribution < 1.29 is 24.2 Å². The minimum Gasteiger partial charge on any atom is -0.450 e. The first-order chi connectivity index (χ1) is 12.3. The maximum atomic E-state index is 12.9. The maximum Gasteiger partial charge on any atom is 0.333 e. The molecule has 3 fully saturated rings. The second-order valence-corrected chi connectivity index (χ2v) is 8.45. The SMILES string of the molecule is C=C(C)C(=O)OC1(CC)COC12CCC(C(=O)C1CCCCC1)C(O)C2. The molecule has 3 aliphatic rings. The summed E-state index contributed by atoms with van der Waals surface area (Å²) < 4.78 is 11.7. The van der Waals surface area contributed by atoms with Crippen LogP contribution in [0.15, 0.2) is 12.2 Å². The zero-order valence-corrected chi connectivity index (χ0v) is 16.1. The Hall–Kier alpha value is -1.20. The van der Waals surface area contributed by atoms with Crippen molar-refractivity contribution in [3.63, 3.8) is 0 Å². The first kappa shape index (κ1) is 19.6. The van der Waals surface area contributed by atoms with E-state index in [0.29, 0.717) is 37.9 Å². The average Bonchev–Trinajstić information content (AvgIpc) is 2.64. The minimum atomic E-state index is -0.729. The van der Waals surface area contributed by atoms with Gasteiger partial charge in [-0.1, -0.05) is 32.8 Å². The van der Waals surface area contributed by atoms with E-state index in [4.69, 9.17) is 9.47 Å². The number of Topliss-reactive ketones (excluding diaryl/α,β-unsaturated/α-hetero) is 1. The Morgan fingerprint density at radius 3 is 2.42 bits per heavy atom. The lowest BCUT2D eigenvalue weighted by Crippen LogP contribution is -2.72. The first-order valence-electron chi connectivity index (χ1n) is 10.1. The topological polar surface area (TPSA) is 72.8 Å². The van der Waals surface area contributed by atoms with Crippen molar-refractivity contribution >= 4 is 11.8 Å². The van der Waals surface area contributed by atoms with Crippen LogP contribution in [-0.2, 0) is 19.1 Å². The number of esters is 1. The number of hydrogen-bond acceptors (Lipinski definition) is 5. The molecule has 2 saturated carbocycles. The highest BCUT2D eigenvalue weighted by Crippen LogP contribution is 2.53. The summed E-state index contributed by atoms with van der Waals surface area (Å²) in [5.41, 5.74) is -1.03. The molecule has 1 spiro atoms. The summed E-state index contributed by atoms with van der Waals surface area (Å²) in [5, 5.41) is 10.8. The highest BCUT2D eigenvalue weighted by Gasteiger charge is 2.65. The van der Waals surface area contributed by atoms with Gasteiger partial charge in [-0.15, -0.1) is 0 Å². The van der Waals surface area contributed by atoms with Crippen molar-refractivity contribution in [2.45, 2.75) is 88.9 Å². The minimum absolute atomic E-state index is 0.108. The monoisotopic (exact) mass is 364 g/mol. The number of ether oxygens (including phenoxy) is 2. The van der Waals surface area contributed by atoms with Crippen molar-refractivity contribution in [1.29, 1.82) is 0 Å². The molecule has 146 valence electrons. The zero-order valence-electron chi connectivity index (χ0n) is 16.1. The highest BCUT2D eigenvalue weighted by molar-refractivity contribution is 5.87. The second-order valence-electron chi connectivity index (χ2n) is 8.45. The van der Waals surface area contributed by atoms with Gasteiger partial charge in [0.05, 0.1) is 12.7 Å². The first-order valence-corrected chi connectivity index (χ1v) is 10.1. The molecular formula is C21H32O5. The van der Waals surface area contributed by atoms with Crippen molar-refractivity contribution in [2.75, 3.05) is 6.61 Å². The van der Waals surface area contributed by atoms with Gasteiger partial charge in [0.15, 0.2) is 5.60 Å². The molecule has 0 aromatic carbocycles. The van der Waals surface area contributed by atoms with Gasteiger partial charge < -0.3 is 14.6 Å². The number of aliphatic hydroxyl groups excluding tert-OH is 1. The number of hydrogen-bond donors (Lipinski definition) is 1. The number of rotatable bonds is 5. The third-order valence-corrected chi connectivity index (χ3v) is 6.86. The summed E-state index contributed by atoms with van der Waals surface area (Å²) in [7, 11) is 0. The van der Waals surface area contributed by atoms with E-state index in [1.165, 1.54) is 6.42 Å². The lowest BCUT2D eigenvalue weighted by atomic mass is 9.62. The lowest BCUT2D eigenvalue weighted by molar-refractivity contribution is -0.328. The summed E-state index contributed by atoms with van der Waals surface area (Å²) in [4.78, 5) is 25.0. The number of carbonyl (C=O) groups excluding carboxylic acids is 2. The maximum absolute atomic E-state index is 12.9. The molecule has 0 radical (unpaired) electrons. The Bertz CT molecular complexity index is 575. The largest absolute Gasteiger partial charge is 0.450 e. The molecule has 1 saturated heterocycles. The highest BCUT2D eigenvalue weighted by atomic mass is 16.6. The summed E-state index contributed by atoms with van der Waals surface area (Å²) in [6, 6.07) is 0. The predicted molar refractivity (Wildman–Crippen MR) is 97.5 cm³/mol. The molecule has 4 atom stereocenters. The lowest BCUT2D eigenvalue weighted by Gasteiger charge is -2.60. The van der Waals surface area contributed by atoms with Crippen LogP contribution in [0.2, 0.25) is 0 Å². The number of carbonyl (C=O) groups is 2. The Balaban J connectivity index is 1.69. The van der Waals surface area contributed by atoms with E-state index in [-0.39, 0.29) is 17.6 Å². The van der Waals surface area contributed by atoms with Crippen LogP contribution >= 0.6 is 0 Å². The molecule has 2 aliphatic carbocycles. The van der Waals surface area contributed by atoms with Gasteiger partial charge in [0, 0.05) is 23.8 Å². The smallest absolute Gasteiger partial charge is 0.333 e. The molecule has 1 N–H and O–H groups in total. The van der Waals surface area contributed by atoms with Crippen LogP contribution in [0.3, 0.4) is 0 Å². The Kier molecular flexibility index (Phi) is 5.59. The molecule has 4 unspecified atom stereocenters. The average molecular weight is 364 g/mol. The Morgan fingerprint density at radius 1 is 1.23 bits per heavy atom. The summed E-state index contributed by atoms with van der Waals surface area (Å²) in [5.74, 6) is -0.381. The van der Waals surface area contributed by atoms with Crippen molar-refractivity contribution in [3.05, 3.63) is 12.2 Å². The number of aliphatic hydroxyl groups is 1. The molecule has 1 heterocycles. The standard InChI is InChI=1S/C21H32O5/c1-4-20(26-19(24)14(2)3)13-25-21(20)11-10-16(17(22)12-21)18(23)15-8-6-5-7-9-15/h15-17,22H,2,4-13H2,1,3H3. The van der Waals surface area contributed by atoms with E-state index in [1.807, 2.05) is 6.92 Å². The number of ketones is 1. The molecule has 1 aliphatic heterocycles. The van der Waals surface area contributed by atoms with E-state index in [1.54, 1.807) is 6.92 Å². The summed E-state index contributed by atoms with van der Waals surface area (Å²) in [6.07, 6.45) is 6.84. The summed E-state index contributed by atoms with van der Waals surface area (Å²) >= 11 is 0. The molecular weight excluding hydrogens is 332 g/mol. The van der Waals surface area contributed by atoms with Crippen molar-refractivity contribution in [2.24, 2.45) is 11.8 Å².